The first kappa shape index (κ1) is 22.5. The fourth-order valence-electron chi connectivity index (χ4n) is 4.85. The molecule has 2 aromatic rings. The van der Waals surface area contributed by atoms with Crippen LogP contribution in [0.1, 0.15) is 49.8 Å². The Hall–Kier alpha value is -2.66. The Morgan fingerprint density at radius 2 is 1.91 bits per heavy atom. The minimum absolute atomic E-state index is 0.177. The molecule has 1 N–H and O–H groups in total. The molecule has 1 fully saturated rings. The van der Waals surface area contributed by atoms with Crippen LogP contribution in [0.25, 0.3) is 11.6 Å². The van der Waals surface area contributed by atoms with Crippen molar-refractivity contribution in [2.45, 2.75) is 45.6 Å². The molecular weight excluding hydrogens is 401 g/mol. The van der Waals surface area contributed by atoms with Gasteiger partial charge in [-0.05, 0) is 79.6 Å². The van der Waals surface area contributed by atoms with Crippen molar-refractivity contribution >= 4 is 23.2 Å². The van der Waals surface area contributed by atoms with Crippen molar-refractivity contribution in [1.82, 2.24) is 10.2 Å². The number of rotatable bonds is 8. The van der Waals surface area contributed by atoms with E-state index in [0.717, 1.165) is 57.5 Å². The Kier molecular flexibility index (Phi) is 7.26. The number of fused-ring (bicyclic) bond motifs is 1. The number of hydrogen-bond acceptors (Lipinski definition) is 3. The van der Waals surface area contributed by atoms with Crippen LogP contribution in [0.15, 0.2) is 42.5 Å². The third-order valence-corrected chi connectivity index (χ3v) is 6.78. The second-order valence-electron chi connectivity index (χ2n) is 8.77. The van der Waals surface area contributed by atoms with Gasteiger partial charge in [-0.25, -0.2) is 4.39 Å². The standard InChI is InChI=1S/C27H34FN3O/c1-3-30(4-2)27(32)10-13-29-25-11-14-31(15-12-25)26-7-5-6-20(19-26)22-16-21-8-9-24(28)18-23(21)17-22/h5-9,17-19,25,29H,3-4,10-16H2,1-2H3. The quantitative estimate of drug-likeness (QED) is 0.651. The number of anilines is 1. The molecule has 1 aliphatic carbocycles. The summed E-state index contributed by atoms with van der Waals surface area (Å²) >= 11 is 0. The molecule has 1 saturated heterocycles. The average molecular weight is 436 g/mol. The van der Waals surface area contributed by atoms with Crippen LogP contribution >= 0.6 is 0 Å². The number of halogens is 1. The van der Waals surface area contributed by atoms with Gasteiger partial charge < -0.3 is 15.1 Å². The van der Waals surface area contributed by atoms with Gasteiger partial charge in [-0.2, -0.15) is 0 Å². The third-order valence-electron chi connectivity index (χ3n) is 6.78. The lowest BCUT2D eigenvalue weighted by molar-refractivity contribution is -0.130. The van der Waals surface area contributed by atoms with Crippen molar-refractivity contribution in [1.29, 1.82) is 0 Å². The van der Waals surface area contributed by atoms with E-state index in [1.165, 1.54) is 22.4 Å². The second kappa shape index (κ2) is 10.3. The number of nitrogens with zero attached hydrogens (tertiary/aromatic N) is 2. The number of benzene rings is 2. The van der Waals surface area contributed by atoms with E-state index in [1.807, 2.05) is 24.8 Å². The number of piperidine rings is 1. The Balaban J connectivity index is 1.29. The smallest absolute Gasteiger partial charge is 0.223 e. The summed E-state index contributed by atoms with van der Waals surface area (Å²) in [7, 11) is 0. The van der Waals surface area contributed by atoms with E-state index < -0.39 is 0 Å². The van der Waals surface area contributed by atoms with Gasteiger partial charge in [-0.3, -0.25) is 4.79 Å². The van der Waals surface area contributed by atoms with Crippen molar-refractivity contribution < 1.29 is 9.18 Å². The Labute approximate surface area is 191 Å². The summed E-state index contributed by atoms with van der Waals surface area (Å²) in [5, 5.41) is 3.58. The van der Waals surface area contributed by atoms with Gasteiger partial charge in [-0.1, -0.05) is 24.3 Å². The van der Waals surface area contributed by atoms with Gasteiger partial charge in [0.05, 0.1) is 0 Å². The van der Waals surface area contributed by atoms with E-state index in [4.69, 9.17) is 0 Å². The van der Waals surface area contributed by atoms with Crippen molar-refractivity contribution in [3.05, 3.63) is 65.0 Å². The van der Waals surface area contributed by atoms with Gasteiger partial charge >= 0.3 is 0 Å². The normalized spacial score (nSPS) is 16.1. The van der Waals surface area contributed by atoms with Crippen molar-refractivity contribution in [2.75, 3.05) is 37.6 Å². The maximum Gasteiger partial charge on any atom is 0.223 e. The highest BCUT2D eigenvalue weighted by atomic mass is 19.1. The molecule has 0 atom stereocenters. The van der Waals surface area contributed by atoms with Crippen LogP contribution < -0.4 is 10.2 Å². The van der Waals surface area contributed by atoms with E-state index >= 15 is 0 Å². The molecule has 2 aromatic carbocycles. The van der Waals surface area contributed by atoms with Gasteiger partial charge in [0.15, 0.2) is 0 Å². The topological polar surface area (TPSA) is 35.6 Å². The summed E-state index contributed by atoms with van der Waals surface area (Å²) in [6.07, 6.45) is 5.71. The van der Waals surface area contributed by atoms with Gasteiger partial charge in [0, 0.05) is 50.9 Å². The van der Waals surface area contributed by atoms with Crippen LogP contribution in [-0.4, -0.2) is 49.6 Å². The summed E-state index contributed by atoms with van der Waals surface area (Å²) in [4.78, 5) is 16.5. The molecule has 170 valence electrons. The van der Waals surface area contributed by atoms with Crippen molar-refractivity contribution in [2.24, 2.45) is 0 Å². The molecular formula is C27H34FN3O. The highest BCUT2D eigenvalue weighted by molar-refractivity contribution is 5.89. The molecule has 0 bridgehead atoms. The minimum Gasteiger partial charge on any atom is -0.371 e. The lowest BCUT2D eigenvalue weighted by Crippen LogP contribution is -2.43. The van der Waals surface area contributed by atoms with E-state index in [9.17, 15) is 9.18 Å². The van der Waals surface area contributed by atoms with E-state index in [1.54, 1.807) is 12.1 Å². The molecule has 4 nitrogen and oxygen atoms in total. The summed E-state index contributed by atoms with van der Waals surface area (Å²) in [6, 6.07) is 14.3. The van der Waals surface area contributed by atoms with E-state index in [2.05, 4.69) is 40.6 Å². The number of carbonyl (C=O) groups is 1. The summed E-state index contributed by atoms with van der Waals surface area (Å²) in [5.74, 6) is 0.0618. The number of allylic oxidation sites excluding steroid dienone is 1. The second-order valence-corrected chi connectivity index (χ2v) is 8.77. The fourth-order valence-corrected chi connectivity index (χ4v) is 4.85. The van der Waals surface area contributed by atoms with Crippen LogP contribution in [0.5, 0.6) is 0 Å². The fraction of sp³-hybridized carbons (Fsp3) is 0.444. The molecule has 0 radical (unpaired) electrons. The summed E-state index contributed by atoms with van der Waals surface area (Å²) < 4.78 is 13.6. The lowest BCUT2D eigenvalue weighted by Gasteiger charge is -2.34. The maximum atomic E-state index is 13.6. The number of hydrogen-bond donors (Lipinski definition) is 1. The van der Waals surface area contributed by atoms with Crippen LogP contribution in [0, 0.1) is 5.82 Å². The van der Waals surface area contributed by atoms with Crippen molar-refractivity contribution in [3.8, 4) is 0 Å². The molecule has 0 spiro atoms. The average Bonchev–Trinajstić information content (AvgIpc) is 3.24. The Morgan fingerprint density at radius 3 is 2.66 bits per heavy atom. The summed E-state index contributed by atoms with van der Waals surface area (Å²) in [6.45, 7) is 8.40. The third kappa shape index (κ3) is 5.21. The molecule has 5 heteroatoms. The van der Waals surface area contributed by atoms with E-state index in [-0.39, 0.29) is 11.7 Å². The highest BCUT2D eigenvalue weighted by Gasteiger charge is 2.21. The van der Waals surface area contributed by atoms with Gasteiger partial charge in [0.2, 0.25) is 5.91 Å². The SMILES string of the molecule is CCN(CC)C(=O)CCNC1CCN(c2cccc(C3=Cc4cc(F)ccc4C3)c2)CC1. The number of nitrogens with one attached hydrogen (secondary N) is 1. The Morgan fingerprint density at radius 1 is 1.12 bits per heavy atom. The summed E-state index contributed by atoms with van der Waals surface area (Å²) in [5.41, 5.74) is 5.91. The minimum atomic E-state index is -0.177. The Bertz CT molecular complexity index is 975. The molecule has 0 unspecified atom stereocenters. The largest absolute Gasteiger partial charge is 0.371 e. The molecule has 2 aliphatic rings. The van der Waals surface area contributed by atoms with Crippen LogP contribution in [-0.2, 0) is 11.2 Å². The molecule has 4 rings (SSSR count). The highest BCUT2D eigenvalue weighted by Crippen LogP contribution is 2.33. The monoisotopic (exact) mass is 435 g/mol. The van der Waals surface area contributed by atoms with Gasteiger partial charge in [-0.15, -0.1) is 0 Å². The first-order valence-corrected chi connectivity index (χ1v) is 11.9. The molecule has 32 heavy (non-hydrogen) atoms. The molecule has 1 amide bonds. The molecule has 1 heterocycles. The van der Waals surface area contributed by atoms with Gasteiger partial charge in [0.1, 0.15) is 5.82 Å². The van der Waals surface area contributed by atoms with Crippen molar-refractivity contribution in [3.63, 3.8) is 0 Å². The predicted octanol–water partition coefficient (Wildman–Crippen LogP) is 4.74. The van der Waals surface area contributed by atoms with E-state index in [0.29, 0.717) is 12.5 Å². The van der Waals surface area contributed by atoms with Crippen LogP contribution in [0.2, 0.25) is 0 Å². The molecule has 0 aromatic heterocycles. The first-order valence-electron chi connectivity index (χ1n) is 11.9. The van der Waals surface area contributed by atoms with Crippen LogP contribution in [0.4, 0.5) is 10.1 Å². The molecule has 1 aliphatic heterocycles. The number of amides is 1. The maximum absolute atomic E-state index is 13.6. The lowest BCUT2D eigenvalue weighted by atomic mass is 10.0. The first-order chi connectivity index (χ1) is 15.6. The zero-order valence-electron chi connectivity index (χ0n) is 19.2. The zero-order chi connectivity index (χ0) is 22.5. The van der Waals surface area contributed by atoms with Crippen LogP contribution in [0.3, 0.4) is 0 Å². The predicted molar refractivity (Wildman–Crippen MR) is 130 cm³/mol. The zero-order valence-corrected chi connectivity index (χ0v) is 19.2. The van der Waals surface area contributed by atoms with Gasteiger partial charge in [0.25, 0.3) is 0 Å². The number of carbonyl (C=O) groups excluding carboxylic acids is 1. The molecule has 0 saturated carbocycles.